The van der Waals surface area contributed by atoms with E-state index in [2.05, 4.69) is 20.9 Å². The van der Waals surface area contributed by atoms with Crippen LogP contribution in [-0.2, 0) is 0 Å². The summed E-state index contributed by atoms with van der Waals surface area (Å²) in [6.07, 6.45) is 1.03. The van der Waals surface area contributed by atoms with Crippen LogP contribution in [0.4, 0.5) is 16.2 Å². The van der Waals surface area contributed by atoms with Crippen molar-refractivity contribution in [2.75, 3.05) is 36.9 Å². The summed E-state index contributed by atoms with van der Waals surface area (Å²) in [5.41, 5.74) is 2.36. The Morgan fingerprint density at radius 3 is 2.48 bits per heavy atom. The monoisotopic (exact) mass is 386 g/mol. The van der Waals surface area contributed by atoms with Crippen molar-refractivity contribution < 1.29 is 9.59 Å². The zero-order chi connectivity index (χ0) is 19.2. The first kappa shape index (κ1) is 19.0. The van der Waals surface area contributed by atoms with Crippen molar-refractivity contribution in [3.05, 3.63) is 59.1 Å². The Bertz CT molecular complexity index is 793. The smallest absolute Gasteiger partial charge is 0.319 e. The molecule has 3 rings (SSSR count). The van der Waals surface area contributed by atoms with Crippen molar-refractivity contribution in [2.24, 2.45) is 5.92 Å². The number of benzene rings is 2. The number of nitrogens with one attached hydrogen (secondary N) is 3. The molecule has 0 bridgehead atoms. The van der Waals surface area contributed by atoms with Gasteiger partial charge in [-0.2, -0.15) is 0 Å². The van der Waals surface area contributed by atoms with Crippen LogP contribution >= 0.6 is 11.6 Å². The highest BCUT2D eigenvalue weighted by atomic mass is 35.5. The summed E-state index contributed by atoms with van der Waals surface area (Å²) < 4.78 is 0. The predicted molar refractivity (Wildman–Crippen MR) is 109 cm³/mol. The third-order valence-electron chi connectivity index (χ3n) is 4.66. The van der Waals surface area contributed by atoms with Gasteiger partial charge in [-0.05, 0) is 60.9 Å². The van der Waals surface area contributed by atoms with Crippen LogP contribution in [0, 0.1) is 5.92 Å². The average molecular weight is 387 g/mol. The fourth-order valence-corrected chi connectivity index (χ4v) is 3.27. The number of anilines is 2. The molecule has 0 aromatic heterocycles. The lowest BCUT2D eigenvalue weighted by Crippen LogP contribution is -2.34. The van der Waals surface area contributed by atoms with Crippen molar-refractivity contribution >= 4 is 34.9 Å². The van der Waals surface area contributed by atoms with Crippen LogP contribution < -0.4 is 20.9 Å². The van der Waals surface area contributed by atoms with E-state index in [1.807, 2.05) is 24.3 Å². The normalized spacial score (nSPS) is 16.1. The van der Waals surface area contributed by atoms with E-state index in [0.29, 0.717) is 23.7 Å². The topological polar surface area (TPSA) is 73.5 Å². The van der Waals surface area contributed by atoms with Gasteiger partial charge < -0.3 is 20.9 Å². The molecule has 1 saturated heterocycles. The van der Waals surface area contributed by atoms with Gasteiger partial charge in [0.15, 0.2) is 0 Å². The van der Waals surface area contributed by atoms with Crippen LogP contribution in [-0.4, -0.2) is 38.6 Å². The highest BCUT2D eigenvalue weighted by Gasteiger charge is 2.23. The molecule has 0 aliphatic carbocycles. The van der Waals surface area contributed by atoms with Crippen LogP contribution in [0.5, 0.6) is 0 Å². The van der Waals surface area contributed by atoms with Crippen LogP contribution in [0.15, 0.2) is 48.5 Å². The van der Waals surface area contributed by atoms with E-state index in [9.17, 15) is 9.59 Å². The number of hydrogen-bond donors (Lipinski definition) is 3. The second-order valence-electron chi connectivity index (χ2n) is 6.57. The molecule has 2 aromatic rings. The highest BCUT2D eigenvalue weighted by Crippen LogP contribution is 2.24. The summed E-state index contributed by atoms with van der Waals surface area (Å²) >= 11 is 5.94. The van der Waals surface area contributed by atoms with Crippen LogP contribution in [0.1, 0.15) is 16.8 Å². The van der Waals surface area contributed by atoms with Gasteiger partial charge >= 0.3 is 6.03 Å². The summed E-state index contributed by atoms with van der Waals surface area (Å²) in [4.78, 5) is 25.9. The van der Waals surface area contributed by atoms with Gasteiger partial charge in [-0.15, -0.1) is 0 Å². The molecule has 142 valence electrons. The summed E-state index contributed by atoms with van der Waals surface area (Å²) in [5, 5.41) is 9.01. The first-order valence-corrected chi connectivity index (χ1v) is 9.30. The van der Waals surface area contributed by atoms with Crippen LogP contribution in [0.3, 0.4) is 0 Å². The SMILES string of the molecule is CNC(=O)c1ccc(NC(=O)NCC2CCN(c3ccc(Cl)cc3)C2)cc1. The molecule has 1 heterocycles. The molecule has 7 heteroatoms. The van der Waals surface area contributed by atoms with E-state index in [1.54, 1.807) is 31.3 Å². The second kappa shape index (κ2) is 8.77. The van der Waals surface area contributed by atoms with Gasteiger partial charge in [-0.3, -0.25) is 4.79 Å². The van der Waals surface area contributed by atoms with Crippen LogP contribution in [0.2, 0.25) is 5.02 Å². The molecule has 1 fully saturated rings. The fraction of sp³-hybridized carbons (Fsp3) is 0.300. The molecule has 2 aromatic carbocycles. The molecule has 1 aliphatic heterocycles. The van der Waals surface area contributed by atoms with Crippen molar-refractivity contribution in [3.63, 3.8) is 0 Å². The lowest BCUT2D eigenvalue weighted by molar-refractivity contribution is 0.0963. The van der Waals surface area contributed by atoms with E-state index >= 15 is 0 Å². The molecule has 3 N–H and O–H groups in total. The van der Waals surface area contributed by atoms with Crippen LogP contribution in [0.25, 0.3) is 0 Å². The molecule has 6 nitrogen and oxygen atoms in total. The van der Waals surface area contributed by atoms with Crippen molar-refractivity contribution in [3.8, 4) is 0 Å². The molecule has 3 amide bonds. The van der Waals surface area contributed by atoms with Gasteiger partial charge in [0, 0.05) is 48.6 Å². The molecule has 0 saturated carbocycles. The minimum absolute atomic E-state index is 0.155. The average Bonchev–Trinajstić information content (AvgIpc) is 3.16. The Morgan fingerprint density at radius 2 is 1.81 bits per heavy atom. The number of hydrogen-bond acceptors (Lipinski definition) is 3. The minimum atomic E-state index is -0.243. The largest absolute Gasteiger partial charge is 0.371 e. The highest BCUT2D eigenvalue weighted by molar-refractivity contribution is 6.30. The first-order chi connectivity index (χ1) is 13.0. The number of urea groups is 1. The molecule has 1 unspecified atom stereocenters. The van der Waals surface area contributed by atoms with Gasteiger partial charge in [0.05, 0.1) is 0 Å². The number of carbonyl (C=O) groups is 2. The molecular formula is C20H23ClN4O2. The van der Waals surface area contributed by atoms with Gasteiger partial charge in [-0.25, -0.2) is 4.79 Å². The first-order valence-electron chi connectivity index (χ1n) is 8.92. The predicted octanol–water partition coefficient (Wildman–Crippen LogP) is 3.35. The number of halogens is 1. The third-order valence-corrected chi connectivity index (χ3v) is 4.91. The third kappa shape index (κ3) is 5.14. The van der Waals surface area contributed by atoms with E-state index in [4.69, 9.17) is 11.6 Å². The summed E-state index contributed by atoms with van der Waals surface area (Å²) in [7, 11) is 1.58. The van der Waals surface area contributed by atoms with E-state index < -0.39 is 0 Å². The van der Waals surface area contributed by atoms with Gasteiger partial charge in [0.2, 0.25) is 0 Å². The molecule has 27 heavy (non-hydrogen) atoms. The summed E-state index contributed by atoms with van der Waals surface area (Å²) in [6, 6.07) is 14.4. The molecular weight excluding hydrogens is 364 g/mol. The Labute approximate surface area is 163 Å². The quantitative estimate of drug-likeness (QED) is 0.737. The Balaban J connectivity index is 1.44. The fourth-order valence-electron chi connectivity index (χ4n) is 3.15. The lowest BCUT2D eigenvalue weighted by Gasteiger charge is -2.19. The van der Waals surface area contributed by atoms with Crippen molar-refractivity contribution in [1.29, 1.82) is 0 Å². The van der Waals surface area contributed by atoms with Crippen molar-refractivity contribution in [1.82, 2.24) is 10.6 Å². The number of carbonyl (C=O) groups excluding carboxylic acids is 2. The molecule has 0 radical (unpaired) electrons. The Kier molecular flexibility index (Phi) is 6.19. The standard InChI is InChI=1S/C20H23ClN4O2/c1-22-19(26)15-2-6-17(7-3-15)24-20(27)23-12-14-10-11-25(13-14)18-8-4-16(21)5-9-18/h2-9,14H,10-13H2,1H3,(H,22,26)(H2,23,24,27). The lowest BCUT2D eigenvalue weighted by atomic mass is 10.1. The van der Waals surface area contributed by atoms with E-state index in [1.165, 1.54) is 0 Å². The van der Waals surface area contributed by atoms with E-state index in [-0.39, 0.29) is 11.9 Å². The zero-order valence-corrected chi connectivity index (χ0v) is 15.9. The minimum Gasteiger partial charge on any atom is -0.371 e. The van der Waals surface area contributed by atoms with E-state index in [0.717, 1.165) is 30.2 Å². The maximum absolute atomic E-state index is 12.1. The summed E-state index contributed by atoms with van der Waals surface area (Å²) in [6.45, 7) is 2.49. The molecule has 1 aliphatic rings. The van der Waals surface area contributed by atoms with Gasteiger partial charge in [0.25, 0.3) is 5.91 Å². The Hall–Kier alpha value is -2.73. The number of nitrogens with zero attached hydrogens (tertiary/aromatic N) is 1. The number of rotatable bonds is 5. The maximum Gasteiger partial charge on any atom is 0.319 e. The Morgan fingerprint density at radius 1 is 1.11 bits per heavy atom. The van der Waals surface area contributed by atoms with Crippen molar-refractivity contribution in [2.45, 2.75) is 6.42 Å². The van der Waals surface area contributed by atoms with Gasteiger partial charge in [-0.1, -0.05) is 11.6 Å². The molecule has 1 atom stereocenters. The maximum atomic E-state index is 12.1. The van der Waals surface area contributed by atoms with Gasteiger partial charge in [0.1, 0.15) is 0 Å². The molecule has 0 spiro atoms. The number of amides is 3. The second-order valence-corrected chi connectivity index (χ2v) is 7.01. The summed E-state index contributed by atoms with van der Waals surface area (Å²) in [5.74, 6) is 0.250. The zero-order valence-electron chi connectivity index (χ0n) is 15.2.